The molecule has 0 saturated heterocycles. The van der Waals surface area contributed by atoms with Gasteiger partial charge in [0.05, 0.1) is 6.04 Å². The summed E-state index contributed by atoms with van der Waals surface area (Å²) in [5.41, 5.74) is 0. The number of hydrogen-bond donors (Lipinski definition) is 2. The van der Waals surface area contributed by atoms with Crippen LogP contribution in [0.3, 0.4) is 0 Å². The van der Waals surface area contributed by atoms with E-state index in [9.17, 15) is 4.79 Å². The molecule has 0 fully saturated rings. The molecule has 0 aliphatic heterocycles. The molecule has 2 N–H and O–H groups in total. The van der Waals surface area contributed by atoms with E-state index in [-0.39, 0.29) is 18.4 Å². The van der Waals surface area contributed by atoms with Gasteiger partial charge in [-0.2, -0.15) is 0 Å². The minimum Gasteiger partial charge on any atom is -0.475 e. The van der Waals surface area contributed by atoms with Crippen molar-refractivity contribution in [2.75, 3.05) is 19.7 Å². The minimum absolute atomic E-state index is 0.0136. The molecule has 1 aromatic rings. The van der Waals surface area contributed by atoms with Gasteiger partial charge in [0, 0.05) is 13.2 Å². The van der Waals surface area contributed by atoms with E-state index in [2.05, 4.69) is 4.90 Å². The number of rotatable bonds is 7. The molecule has 1 atom stereocenters. The summed E-state index contributed by atoms with van der Waals surface area (Å²) in [6.07, 6.45) is 0.699. The number of aromatic carboxylic acids is 1. The standard InChI is InChI=1S/C12H19NO4/c1-3-13(7-4-8-14)9(2)10-5-6-11(17-10)12(15)16/h5-6,9,14H,3-4,7-8H2,1-2H3,(H,15,16). The summed E-state index contributed by atoms with van der Waals surface area (Å²) in [5, 5.41) is 17.6. The number of carbonyl (C=O) groups is 1. The Morgan fingerprint density at radius 3 is 2.71 bits per heavy atom. The van der Waals surface area contributed by atoms with E-state index in [0.717, 1.165) is 13.1 Å². The fourth-order valence-corrected chi connectivity index (χ4v) is 1.77. The Balaban J connectivity index is 2.71. The quantitative estimate of drug-likeness (QED) is 0.760. The maximum absolute atomic E-state index is 10.7. The molecule has 0 spiro atoms. The van der Waals surface area contributed by atoms with Crippen LogP contribution in [-0.2, 0) is 0 Å². The maximum atomic E-state index is 10.7. The van der Waals surface area contributed by atoms with Crippen LogP contribution in [0.15, 0.2) is 16.5 Å². The molecule has 0 aliphatic rings. The first-order valence-electron chi connectivity index (χ1n) is 5.78. The van der Waals surface area contributed by atoms with E-state index in [0.29, 0.717) is 12.2 Å². The largest absolute Gasteiger partial charge is 0.475 e. The van der Waals surface area contributed by atoms with E-state index in [1.165, 1.54) is 6.07 Å². The highest BCUT2D eigenvalue weighted by Gasteiger charge is 2.18. The summed E-state index contributed by atoms with van der Waals surface area (Å²) >= 11 is 0. The zero-order chi connectivity index (χ0) is 12.8. The molecule has 17 heavy (non-hydrogen) atoms. The summed E-state index contributed by atoms with van der Waals surface area (Å²) in [7, 11) is 0. The summed E-state index contributed by atoms with van der Waals surface area (Å²) in [6, 6.07) is 3.17. The Kier molecular flexibility index (Phi) is 5.18. The molecule has 1 heterocycles. The third kappa shape index (κ3) is 3.57. The Morgan fingerprint density at radius 2 is 2.24 bits per heavy atom. The van der Waals surface area contributed by atoms with Crippen LogP contribution in [0.5, 0.6) is 0 Å². The van der Waals surface area contributed by atoms with Crippen molar-refractivity contribution < 1.29 is 19.4 Å². The number of furan rings is 1. The van der Waals surface area contributed by atoms with Crippen molar-refractivity contribution >= 4 is 5.97 Å². The fourth-order valence-electron chi connectivity index (χ4n) is 1.77. The number of nitrogens with zero attached hydrogens (tertiary/aromatic N) is 1. The molecule has 0 amide bonds. The predicted octanol–water partition coefficient (Wildman–Crippen LogP) is 1.74. The molecule has 0 bridgehead atoms. The van der Waals surface area contributed by atoms with Crippen molar-refractivity contribution in [2.24, 2.45) is 0 Å². The van der Waals surface area contributed by atoms with Gasteiger partial charge < -0.3 is 14.6 Å². The molecule has 0 saturated carbocycles. The third-order valence-electron chi connectivity index (χ3n) is 2.81. The molecule has 5 heteroatoms. The Labute approximate surface area is 101 Å². The smallest absolute Gasteiger partial charge is 0.371 e. The zero-order valence-corrected chi connectivity index (χ0v) is 10.2. The van der Waals surface area contributed by atoms with E-state index < -0.39 is 5.97 Å². The third-order valence-corrected chi connectivity index (χ3v) is 2.81. The average molecular weight is 241 g/mol. The lowest BCUT2D eigenvalue weighted by Gasteiger charge is -2.25. The lowest BCUT2D eigenvalue weighted by molar-refractivity contribution is 0.0656. The number of carboxylic acids is 1. The molecule has 5 nitrogen and oxygen atoms in total. The topological polar surface area (TPSA) is 73.9 Å². The lowest BCUT2D eigenvalue weighted by atomic mass is 10.2. The van der Waals surface area contributed by atoms with Crippen LogP contribution in [-0.4, -0.2) is 40.8 Å². The molecule has 1 aromatic heterocycles. The highest BCUT2D eigenvalue weighted by Crippen LogP contribution is 2.22. The molecule has 0 aromatic carbocycles. The lowest BCUT2D eigenvalue weighted by Crippen LogP contribution is -2.28. The second-order valence-electron chi connectivity index (χ2n) is 3.89. The van der Waals surface area contributed by atoms with Crippen LogP contribution in [0.2, 0.25) is 0 Å². The molecule has 1 unspecified atom stereocenters. The first-order chi connectivity index (χ1) is 8.10. The van der Waals surface area contributed by atoms with Gasteiger partial charge in [-0.1, -0.05) is 6.92 Å². The Bertz CT molecular complexity index is 361. The average Bonchev–Trinajstić information content (AvgIpc) is 2.79. The van der Waals surface area contributed by atoms with Gasteiger partial charge in [0.1, 0.15) is 5.76 Å². The Hall–Kier alpha value is -1.33. The van der Waals surface area contributed by atoms with Gasteiger partial charge in [-0.05, 0) is 32.0 Å². The number of aliphatic hydroxyl groups is 1. The van der Waals surface area contributed by atoms with Gasteiger partial charge in [0.2, 0.25) is 5.76 Å². The van der Waals surface area contributed by atoms with E-state index >= 15 is 0 Å². The van der Waals surface area contributed by atoms with Gasteiger partial charge in [0.15, 0.2) is 0 Å². The summed E-state index contributed by atoms with van der Waals surface area (Å²) < 4.78 is 5.27. The monoisotopic (exact) mass is 241 g/mol. The van der Waals surface area contributed by atoms with Gasteiger partial charge in [0.25, 0.3) is 0 Å². The van der Waals surface area contributed by atoms with Crippen LogP contribution >= 0.6 is 0 Å². The van der Waals surface area contributed by atoms with Crippen LogP contribution in [0.4, 0.5) is 0 Å². The minimum atomic E-state index is -1.05. The number of carboxylic acid groups (broad SMARTS) is 1. The van der Waals surface area contributed by atoms with Crippen molar-refractivity contribution in [3.8, 4) is 0 Å². The van der Waals surface area contributed by atoms with Gasteiger partial charge >= 0.3 is 5.97 Å². The molecular formula is C12H19NO4. The van der Waals surface area contributed by atoms with Crippen molar-refractivity contribution in [1.82, 2.24) is 4.90 Å². The number of hydrogen-bond acceptors (Lipinski definition) is 4. The fraction of sp³-hybridized carbons (Fsp3) is 0.583. The highest BCUT2D eigenvalue weighted by molar-refractivity contribution is 5.84. The summed E-state index contributed by atoms with van der Waals surface area (Å²) in [6.45, 7) is 5.73. The van der Waals surface area contributed by atoms with E-state index in [1.54, 1.807) is 6.07 Å². The maximum Gasteiger partial charge on any atom is 0.371 e. The second-order valence-corrected chi connectivity index (χ2v) is 3.89. The second kappa shape index (κ2) is 6.42. The molecule has 0 aliphatic carbocycles. The SMILES string of the molecule is CCN(CCCO)C(C)c1ccc(C(=O)O)o1. The molecule has 0 radical (unpaired) electrons. The summed E-state index contributed by atoms with van der Waals surface area (Å²) in [5.74, 6) is -0.450. The number of aliphatic hydroxyl groups excluding tert-OH is 1. The molecule has 1 rings (SSSR count). The zero-order valence-electron chi connectivity index (χ0n) is 10.2. The van der Waals surface area contributed by atoms with Gasteiger partial charge in [-0.15, -0.1) is 0 Å². The van der Waals surface area contributed by atoms with Crippen LogP contribution in [0.25, 0.3) is 0 Å². The van der Waals surface area contributed by atoms with Gasteiger partial charge in [-0.3, -0.25) is 4.90 Å². The van der Waals surface area contributed by atoms with Crippen molar-refractivity contribution in [3.05, 3.63) is 23.7 Å². The van der Waals surface area contributed by atoms with Crippen molar-refractivity contribution in [3.63, 3.8) is 0 Å². The summed E-state index contributed by atoms with van der Waals surface area (Å²) in [4.78, 5) is 12.8. The normalized spacial score (nSPS) is 12.9. The van der Waals surface area contributed by atoms with E-state index in [4.69, 9.17) is 14.6 Å². The molecule has 96 valence electrons. The predicted molar refractivity (Wildman–Crippen MR) is 63.0 cm³/mol. The highest BCUT2D eigenvalue weighted by atomic mass is 16.4. The van der Waals surface area contributed by atoms with Crippen molar-refractivity contribution in [2.45, 2.75) is 26.3 Å². The first-order valence-corrected chi connectivity index (χ1v) is 5.78. The van der Waals surface area contributed by atoms with Crippen LogP contribution in [0, 0.1) is 0 Å². The Morgan fingerprint density at radius 1 is 1.53 bits per heavy atom. The molecular weight excluding hydrogens is 222 g/mol. The van der Waals surface area contributed by atoms with Crippen LogP contribution < -0.4 is 0 Å². The van der Waals surface area contributed by atoms with Crippen molar-refractivity contribution in [1.29, 1.82) is 0 Å². The van der Waals surface area contributed by atoms with E-state index in [1.807, 2.05) is 13.8 Å². The van der Waals surface area contributed by atoms with Crippen LogP contribution in [0.1, 0.15) is 42.6 Å². The van der Waals surface area contributed by atoms with Gasteiger partial charge in [-0.25, -0.2) is 4.79 Å². The first kappa shape index (κ1) is 13.7.